The van der Waals surface area contributed by atoms with Gasteiger partial charge in [0.05, 0.1) is 26.4 Å². The van der Waals surface area contributed by atoms with Crippen LogP contribution < -0.4 is 18.9 Å². The first kappa shape index (κ1) is 31.0. The molecular formula is C39H44O6. The van der Waals surface area contributed by atoms with Gasteiger partial charge in [0.25, 0.3) is 0 Å². The third-order valence-electron chi connectivity index (χ3n) is 8.81. The van der Waals surface area contributed by atoms with Gasteiger partial charge in [0, 0.05) is 17.3 Å². The van der Waals surface area contributed by atoms with E-state index in [2.05, 4.69) is 100 Å². The molecule has 0 radical (unpaired) electrons. The number of benzene rings is 4. The molecule has 4 aromatic rings. The van der Waals surface area contributed by atoms with Crippen molar-refractivity contribution in [2.75, 3.05) is 39.6 Å². The third kappa shape index (κ3) is 8.19. The fourth-order valence-corrected chi connectivity index (χ4v) is 5.35. The summed E-state index contributed by atoms with van der Waals surface area (Å²) >= 11 is 0. The molecule has 6 nitrogen and oxygen atoms in total. The smallest absolute Gasteiger partial charge is 0.119 e. The standard InChI is InChI=1S/C39H44O6/c1-38(2,30-10-18-34(19-11-30)42-24-36-26-44-36)28-6-14-32(15-7-28)40-22-5-23-41-33-16-8-29(9-17-33)39(3,4)31-12-20-35(21-13-31)43-25-37-27-45-37/h6-21,36-37H,5,22-27H2,1-4H3. The second-order valence-corrected chi connectivity index (χ2v) is 12.9. The predicted molar refractivity (Wildman–Crippen MR) is 176 cm³/mol. The highest BCUT2D eigenvalue weighted by molar-refractivity contribution is 5.43. The van der Waals surface area contributed by atoms with E-state index in [0.717, 1.165) is 42.6 Å². The number of rotatable bonds is 16. The third-order valence-corrected chi connectivity index (χ3v) is 8.81. The van der Waals surface area contributed by atoms with Crippen molar-refractivity contribution in [1.29, 1.82) is 0 Å². The first-order valence-corrected chi connectivity index (χ1v) is 15.9. The van der Waals surface area contributed by atoms with Crippen LogP contribution in [0.25, 0.3) is 0 Å². The van der Waals surface area contributed by atoms with E-state index >= 15 is 0 Å². The van der Waals surface area contributed by atoms with Crippen LogP contribution >= 0.6 is 0 Å². The lowest BCUT2D eigenvalue weighted by Gasteiger charge is -2.26. The zero-order chi connectivity index (χ0) is 31.3. The van der Waals surface area contributed by atoms with Crippen molar-refractivity contribution in [2.45, 2.75) is 57.2 Å². The zero-order valence-corrected chi connectivity index (χ0v) is 26.8. The number of hydrogen-bond donors (Lipinski definition) is 0. The molecule has 0 spiro atoms. The molecule has 2 saturated heterocycles. The highest BCUT2D eigenvalue weighted by Gasteiger charge is 2.26. The summed E-state index contributed by atoms with van der Waals surface area (Å²) in [5, 5.41) is 0. The number of epoxide rings is 2. The van der Waals surface area contributed by atoms with Crippen LogP contribution in [0.4, 0.5) is 0 Å². The van der Waals surface area contributed by atoms with Gasteiger partial charge in [-0.15, -0.1) is 0 Å². The van der Waals surface area contributed by atoms with Gasteiger partial charge in [-0.05, 0) is 70.8 Å². The summed E-state index contributed by atoms with van der Waals surface area (Å²) in [6.45, 7) is 13.0. The van der Waals surface area contributed by atoms with E-state index in [4.69, 9.17) is 28.4 Å². The molecule has 2 unspecified atom stereocenters. The Morgan fingerprint density at radius 2 is 0.733 bits per heavy atom. The van der Waals surface area contributed by atoms with Crippen molar-refractivity contribution >= 4 is 0 Å². The van der Waals surface area contributed by atoms with Crippen LogP contribution in [0.15, 0.2) is 97.1 Å². The van der Waals surface area contributed by atoms with Crippen LogP contribution in [0.2, 0.25) is 0 Å². The highest BCUT2D eigenvalue weighted by atomic mass is 16.6. The van der Waals surface area contributed by atoms with Gasteiger partial charge in [-0.25, -0.2) is 0 Å². The Bertz CT molecular complexity index is 1380. The lowest BCUT2D eigenvalue weighted by molar-refractivity contribution is 0.247. The summed E-state index contributed by atoms with van der Waals surface area (Å²) in [4.78, 5) is 0. The molecule has 0 bridgehead atoms. The Labute approximate surface area is 267 Å². The van der Waals surface area contributed by atoms with Crippen LogP contribution in [-0.4, -0.2) is 51.8 Å². The SMILES string of the molecule is CC(C)(c1ccc(OCCCOc2ccc(C(C)(C)c3ccc(OCC4CO4)cc3)cc2)cc1)c1ccc(OCC2CO2)cc1. The van der Waals surface area contributed by atoms with Crippen molar-refractivity contribution < 1.29 is 28.4 Å². The minimum atomic E-state index is -0.139. The Morgan fingerprint density at radius 3 is 1.00 bits per heavy atom. The van der Waals surface area contributed by atoms with Gasteiger partial charge in [0.1, 0.15) is 48.4 Å². The second kappa shape index (κ2) is 13.6. The van der Waals surface area contributed by atoms with E-state index in [1.807, 2.05) is 24.3 Å². The number of hydrogen-bond acceptors (Lipinski definition) is 6. The number of ether oxygens (including phenoxy) is 6. The van der Waals surface area contributed by atoms with Gasteiger partial charge in [0.15, 0.2) is 0 Å². The Hall–Kier alpha value is -4.00. The molecule has 45 heavy (non-hydrogen) atoms. The van der Waals surface area contributed by atoms with E-state index in [0.29, 0.717) is 26.4 Å². The minimum absolute atomic E-state index is 0.139. The molecule has 6 heteroatoms. The molecule has 0 amide bonds. The van der Waals surface area contributed by atoms with Crippen molar-refractivity contribution in [2.24, 2.45) is 0 Å². The Balaban J connectivity index is 0.928. The molecule has 2 fully saturated rings. The van der Waals surface area contributed by atoms with Gasteiger partial charge >= 0.3 is 0 Å². The van der Waals surface area contributed by atoms with Crippen LogP contribution in [0, 0.1) is 0 Å². The lowest BCUT2D eigenvalue weighted by atomic mass is 9.78. The first-order valence-electron chi connectivity index (χ1n) is 15.9. The monoisotopic (exact) mass is 608 g/mol. The molecule has 0 aromatic heterocycles. The molecular weight excluding hydrogens is 564 g/mol. The summed E-state index contributed by atoms with van der Waals surface area (Å²) in [5.74, 6) is 3.48. The van der Waals surface area contributed by atoms with Gasteiger partial charge in [-0.1, -0.05) is 76.2 Å². The largest absolute Gasteiger partial charge is 0.493 e. The van der Waals surface area contributed by atoms with Crippen molar-refractivity contribution in [3.05, 3.63) is 119 Å². The fourth-order valence-electron chi connectivity index (χ4n) is 5.35. The van der Waals surface area contributed by atoms with Crippen molar-refractivity contribution in [3.63, 3.8) is 0 Å². The van der Waals surface area contributed by atoms with E-state index in [1.165, 1.54) is 22.3 Å². The molecule has 0 N–H and O–H groups in total. The minimum Gasteiger partial charge on any atom is -0.493 e. The molecule has 236 valence electrons. The maximum absolute atomic E-state index is 6.01. The van der Waals surface area contributed by atoms with Gasteiger partial charge in [0.2, 0.25) is 0 Å². The van der Waals surface area contributed by atoms with Gasteiger partial charge in [-0.2, -0.15) is 0 Å². The van der Waals surface area contributed by atoms with E-state index in [1.54, 1.807) is 0 Å². The fraction of sp³-hybridized carbons (Fsp3) is 0.385. The topological polar surface area (TPSA) is 62.0 Å². The van der Waals surface area contributed by atoms with Crippen molar-refractivity contribution in [3.8, 4) is 23.0 Å². The molecule has 2 aliphatic heterocycles. The van der Waals surface area contributed by atoms with Crippen LogP contribution in [0.3, 0.4) is 0 Å². The average molecular weight is 609 g/mol. The Kier molecular flexibility index (Phi) is 9.34. The molecule has 0 aliphatic carbocycles. The summed E-state index contributed by atoms with van der Waals surface area (Å²) in [7, 11) is 0. The molecule has 4 aromatic carbocycles. The highest BCUT2D eigenvalue weighted by Crippen LogP contribution is 2.35. The molecule has 0 saturated carbocycles. The normalized spacial score (nSPS) is 17.4. The lowest BCUT2D eigenvalue weighted by Crippen LogP contribution is -2.18. The average Bonchev–Trinajstić information content (AvgIpc) is 4.00. The van der Waals surface area contributed by atoms with Gasteiger partial charge in [-0.3, -0.25) is 0 Å². The second-order valence-electron chi connectivity index (χ2n) is 12.9. The molecule has 2 heterocycles. The summed E-state index contributed by atoms with van der Waals surface area (Å²) in [6, 6.07) is 33.5. The van der Waals surface area contributed by atoms with Gasteiger partial charge < -0.3 is 28.4 Å². The van der Waals surface area contributed by atoms with E-state index in [9.17, 15) is 0 Å². The molecule has 6 rings (SSSR count). The van der Waals surface area contributed by atoms with E-state index in [-0.39, 0.29) is 23.0 Å². The molecule has 2 atom stereocenters. The zero-order valence-electron chi connectivity index (χ0n) is 26.8. The summed E-state index contributed by atoms with van der Waals surface area (Å²) in [6.07, 6.45) is 1.31. The van der Waals surface area contributed by atoms with E-state index < -0.39 is 0 Å². The maximum atomic E-state index is 6.01. The van der Waals surface area contributed by atoms with Crippen LogP contribution in [0.5, 0.6) is 23.0 Å². The predicted octanol–water partition coefficient (Wildman–Crippen LogP) is 7.74. The molecule has 2 aliphatic rings. The summed E-state index contributed by atoms with van der Waals surface area (Å²) in [5.41, 5.74) is 4.66. The van der Waals surface area contributed by atoms with Crippen molar-refractivity contribution in [1.82, 2.24) is 0 Å². The van der Waals surface area contributed by atoms with Crippen LogP contribution in [0.1, 0.15) is 56.4 Å². The Morgan fingerprint density at radius 1 is 0.467 bits per heavy atom. The summed E-state index contributed by atoms with van der Waals surface area (Å²) < 4.78 is 34.0. The quantitative estimate of drug-likeness (QED) is 0.0958. The maximum Gasteiger partial charge on any atom is 0.119 e. The first-order chi connectivity index (χ1) is 21.8. The van der Waals surface area contributed by atoms with Crippen LogP contribution in [-0.2, 0) is 20.3 Å².